The van der Waals surface area contributed by atoms with Gasteiger partial charge in [0.15, 0.2) is 0 Å². The quantitative estimate of drug-likeness (QED) is 0.528. The van der Waals surface area contributed by atoms with Gasteiger partial charge in [0.05, 0.1) is 0 Å². The zero-order valence-electron chi connectivity index (χ0n) is 15.1. The lowest BCUT2D eigenvalue weighted by Gasteiger charge is -2.63. The molecule has 3 aliphatic carbocycles. The van der Waals surface area contributed by atoms with E-state index in [1.165, 1.54) is 0 Å². The summed E-state index contributed by atoms with van der Waals surface area (Å²) < 4.78 is 0. The summed E-state index contributed by atoms with van der Waals surface area (Å²) >= 11 is 0. The van der Waals surface area contributed by atoms with Crippen LogP contribution in [0.4, 0.5) is 0 Å². The van der Waals surface area contributed by atoms with Gasteiger partial charge in [0, 0.05) is 5.41 Å². The van der Waals surface area contributed by atoms with E-state index in [1.807, 2.05) is 0 Å². The van der Waals surface area contributed by atoms with Gasteiger partial charge in [-0.15, -0.1) is 0 Å². The van der Waals surface area contributed by atoms with E-state index in [9.17, 15) is 0 Å². The van der Waals surface area contributed by atoms with Crippen molar-refractivity contribution in [1.29, 1.82) is 0 Å². The van der Waals surface area contributed by atoms with Crippen LogP contribution >= 0.6 is 0 Å². The minimum Gasteiger partial charge on any atom is -0.0799 e. The molecule has 8 unspecified atom stereocenters. The summed E-state index contributed by atoms with van der Waals surface area (Å²) in [5.41, 5.74) is 2.25. The van der Waals surface area contributed by atoms with Gasteiger partial charge in [-0.3, -0.25) is 0 Å². The van der Waals surface area contributed by atoms with Crippen LogP contribution in [0.1, 0.15) is 55.4 Å². The predicted molar refractivity (Wildman–Crippen MR) is 90.6 cm³/mol. The predicted octanol–water partition coefficient (Wildman–Crippen LogP) is 5.79. The molecule has 0 aliphatic heterocycles. The molecule has 2 fully saturated rings. The van der Waals surface area contributed by atoms with Gasteiger partial charge in [0.2, 0.25) is 0 Å². The Kier molecular flexibility index (Phi) is 3.13. The van der Waals surface area contributed by atoms with Crippen LogP contribution in [0, 0.1) is 52.3 Å². The van der Waals surface area contributed by atoms with Crippen molar-refractivity contribution in [1.82, 2.24) is 0 Å². The molecule has 8 atom stereocenters. The summed E-state index contributed by atoms with van der Waals surface area (Å²) in [5.74, 6) is 3.42. The number of rotatable bonds is 0. The topological polar surface area (TPSA) is 0 Å². The molecular formula is C21H32. The van der Waals surface area contributed by atoms with Crippen LogP contribution in [-0.4, -0.2) is 0 Å². The summed E-state index contributed by atoms with van der Waals surface area (Å²) in [6.07, 6.45) is 11.1. The van der Waals surface area contributed by atoms with Crippen LogP contribution in [0.2, 0.25) is 0 Å². The summed E-state index contributed by atoms with van der Waals surface area (Å²) in [7, 11) is 0. The molecule has 0 nitrogen and oxygen atoms in total. The van der Waals surface area contributed by atoms with Gasteiger partial charge in [0.1, 0.15) is 0 Å². The molecule has 0 bridgehead atoms. The Morgan fingerprint density at radius 1 is 0.952 bits per heavy atom. The SMILES string of the molecule is CC1=CC=CC2[C]C3(C)C(C)C(C)C(C)C(C)C3(C)C12C. The molecule has 0 amide bonds. The van der Waals surface area contributed by atoms with Crippen molar-refractivity contribution in [3.8, 4) is 0 Å². The molecule has 21 heavy (non-hydrogen) atoms. The highest BCUT2D eigenvalue weighted by molar-refractivity contribution is 5.40. The maximum Gasteiger partial charge on any atom is 0.00146 e. The van der Waals surface area contributed by atoms with E-state index < -0.39 is 0 Å². The molecule has 2 radical (unpaired) electrons. The molecule has 116 valence electrons. The molecule has 0 aromatic carbocycles. The second-order valence-corrected chi connectivity index (χ2v) is 8.76. The van der Waals surface area contributed by atoms with E-state index in [2.05, 4.69) is 80.0 Å². The first-order valence-electron chi connectivity index (χ1n) is 8.75. The van der Waals surface area contributed by atoms with Gasteiger partial charge >= 0.3 is 0 Å². The molecule has 0 heterocycles. The first-order valence-corrected chi connectivity index (χ1v) is 8.75. The zero-order chi connectivity index (χ0) is 15.8. The van der Waals surface area contributed by atoms with Gasteiger partial charge in [-0.1, -0.05) is 72.3 Å². The first kappa shape index (κ1) is 15.4. The number of hydrogen-bond acceptors (Lipinski definition) is 0. The third-order valence-corrected chi connectivity index (χ3v) is 8.93. The van der Waals surface area contributed by atoms with Crippen LogP contribution < -0.4 is 0 Å². The third kappa shape index (κ3) is 1.43. The Morgan fingerprint density at radius 2 is 1.52 bits per heavy atom. The Morgan fingerprint density at radius 3 is 2.14 bits per heavy atom. The minimum atomic E-state index is 0.196. The van der Waals surface area contributed by atoms with Crippen LogP contribution in [0.25, 0.3) is 0 Å². The molecule has 0 aromatic rings. The molecule has 0 aromatic heterocycles. The smallest absolute Gasteiger partial charge is 0.00146 e. The monoisotopic (exact) mass is 284 g/mol. The van der Waals surface area contributed by atoms with E-state index in [1.54, 1.807) is 5.57 Å². The van der Waals surface area contributed by atoms with E-state index >= 15 is 0 Å². The van der Waals surface area contributed by atoms with E-state index in [0.29, 0.717) is 17.8 Å². The fraction of sp³-hybridized carbons (Fsp3) is 0.762. The van der Waals surface area contributed by atoms with Gasteiger partial charge in [-0.2, -0.15) is 0 Å². The third-order valence-electron chi connectivity index (χ3n) is 8.93. The molecule has 3 rings (SSSR count). The summed E-state index contributed by atoms with van der Waals surface area (Å²) in [5, 5.41) is 0. The highest BCUT2D eigenvalue weighted by atomic mass is 14.7. The Hall–Kier alpha value is -0.520. The van der Waals surface area contributed by atoms with E-state index in [-0.39, 0.29) is 16.2 Å². The normalized spacial score (nSPS) is 59.4. The second kappa shape index (κ2) is 4.27. The fourth-order valence-electron chi connectivity index (χ4n) is 6.37. The van der Waals surface area contributed by atoms with E-state index in [0.717, 1.165) is 11.8 Å². The largest absolute Gasteiger partial charge is 0.0799 e. The molecule has 0 saturated heterocycles. The molecular weight excluding hydrogens is 252 g/mol. The maximum absolute atomic E-state index is 4.09. The van der Waals surface area contributed by atoms with Gasteiger partial charge in [-0.05, 0) is 53.8 Å². The lowest BCUT2D eigenvalue weighted by molar-refractivity contribution is -0.136. The van der Waals surface area contributed by atoms with Crippen LogP contribution in [0.3, 0.4) is 0 Å². The van der Waals surface area contributed by atoms with Gasteiger partial charge < -0.3 is 0 Å². The number of hydrogen-bond donors (Lipinski definition) is 0. The molecule has 3 aliphatic rings. The number of allylic oxidation sites excluding steroid dienone is 4. The maximum atomic E-state index is 4.09. The molecule has 0 N–H and O–H groups in total. The van der Waals surface area contributed by atoms with Crippen molar-refractivity contribution < 1.29 is 0 Å². The average Bonchev–Trinajstić information content (AvgIpc) is 2.64. The lowest BCUT2D eigenvalue weighted by atomic mass is 9.40. The van der Waals surface area contributed by atoms with Crippen LogP contribution in [-0.2, 0) is 0 Å². The van der Waals surface area contributed by atoms with Crippen molar-refractivity contribution in [3.63, 3.8) is 0 Å². The van der Waals surface area contributed by atoms with Crippen molar-refractivity contribution in [2.75, 3.05) is 0 Å². The highest BCUT2D eigenvalue weighted by Gasteiger charge is 2.71. The van der Waals surface area contributed by atoms with Crippen molar-refractivity contribution in [2.24, 2.45) is 45.8 Å². The lowest BCUT2D eigenvalue weighted by Crippen LogP contribution is -2.58. The van der Waals surface area contributed by atoms with Gasteiger partial charge in [0.25, 0.3) is 0 Å². The highest BCUT2D eigenvalue weighted by Crippen LogP contribution is 2.77. The summed E-state index contributed by atoms with van der Waals surface area (Å²) in [4.78, 5) is 0. The molecule has 0 heteroatoms. The van der Waals surface area contributed by atoms with Crippen molar-refractivity contribution in [2.45, 2.75) is 55.4 Å². The average molecular weight is 284 g/mol. The Bertz CT molecular complexity index is 512. The minimum absolute atomic E-state index is 0.196. The fourth-order valence-corrected chi connectivity index (χ4v) is 6.37. The molecule has 2 saturated carbocycles. The van der Waals surface area contributed by atoms with Gasteiger partial charge in [-0.25, -0.2) is 0 Å². The Balaban J connectivity index is 2.24. The first-order chi connectivity index (χ1) is 9.62. The second-order valence-electron chi connectivity index (χ2n) is 8.76. The van der Waals surface area contributed by atoms with Crippen molar-refractivity contribution >= 4 is 0 Å². The summed E-state index contributed by atoms with van der Waals surface area (Å²) in [6, 6.07) is 0. The number of fused-ring (bicyclic) bond motifs is 3. The van der Waals surface area contributed by atoms with Crippen LogP contribution in [0.5, 0.6) is 0 Å². The Labute approximate surface area is 132 Å². The zero-order valence-corrected chi connectivity index (χ0v) is 15.1. The molecule has 0 spiro atoms. The standard InChI is InChI=1S/C21H32/c1-13-10-9-11-18-12-19(6)16(4)14(2)15(3)17(5)21(19,8)20(13,18)7/h9-11,14-18H,1-8H3. The van der Waals surface area contributed by atoms with Crippen LogP contribution in [0.15, 0.2) is 23.8 Å². The van der Waals surface area contributed by atoms with Crippen molar-refractivity contribution in [3.05, 3.63) is 30.2 Å². The summed E-state index contributed by atoms with van der Waals surface area (Å²) in [6.45, 7) is 19.8. The van der Waals surface area contributed by atoms with E-state index in [4.69, 9.17) is 0 Å².